The third-order valence-electron chi connectivity index (χ3n) is 3.30. The monoisotopic (exact) mass is 346 g/mol. The van der Waals surface area contributed by atoms with Crippen molar-refractivity contribution in [3.05, 3.63) is 60.7 Å². The van der Waals surface area contributed by atoms with E-state index in [9.17, 15) is 13.2 Å². The summed E-state index contributed by atoms with van der Waals surface area (Å²) in [6.07, 6.45) is 0. The van der Waals surface area contributed by atoms with Crippen molar-refractivity contribution in [1.29, 1.82) is 0 Å². The molecule has 2 aromatic carbocycles. The third kappa shape index (κ3) is 3.16. The lowest BCUT2D eigenvalue weighted by atomic mass is 10.3. The Hall–Kier alpha value is -2.12. The summed E-state index contributed by atoms with van der Waals surface area (Å²) in [7, 11) is -3.86. The van der Waals surface area contributed by atoms with Crippen LogP contribution in [0.5, 0.6) is 0 Å². The maximum atomic E-state index is 12.4. The highest BCUT2D eigenvalue weighted by Gasteiger charge is 2.37. The number of anilines is 1. The maximum Gasteiger partial charge on any atom is 0.284 e. The molecule has 7 heteroatoms. The summed E-state index contributed by atoms with van der Waals surface area (Å²) in [5.41, 5.74) is 0.608. The molecule has 1 fully saturated rings. The van der Waals surface area contributed by atoms with Crippen molar-refractivity contribution in [2.75, 3.05) is 4.90 Å². The molecule has 1 heterocycles. The molecule has 1 atom stereocenters. The normalized spacial score (nSPS) is 20.2. The standard InChI is InChI=1S/C16H14N2O3S2/c1-12-15(19)18(13-8-4-2-5-9-13)16(22-12)17-23(20,21)14-10-6-3-7-11-14/h2-12H,1H3/t12-/m1/s1. The molecule has 0 spiro atoms. The van der Waals surface area contributed by atoms with Crippen molar-refractivity contribution in [1.82, 2.24) is 0 Å². The van der Waals surface area contributed by atoms with Gasteiger partial charge in [0.05, 0.1) is 15.8 Å². The van der Waals surface area contributed by atoms with E-state index in [1.54, 1.807) is 49.4 Å². The number of amides is 1. The number of thioether (sulfide) groups is 1. The van der Waals surface area contributed by atoms with Gasteiger partial charge in [-0.2, -0.15) is 8.42 Å². The van der Waals surface area contributed by atoms with Crippen molar-refractivity contribution in [3.8, 4) is 0 Å². The highest BCUT2D eigenvalue weighted by atomic mass is 32.2. The van der Waals surface area contributed by atoms with Gasteiger partial charge in [-0.1, -0.05) is 48.2 Å². The third-order valence-corrected chi connectivity index (χ3v) is 5.73. The molecule has 0 N–H and O–H groups in total. The molecular formula is C16H14N2O3S2. The van der Waals surface area contributed by atoms with Crippen LogP contribution in [0.1, 0.15) is 6.92 Å². The van der Waals surface area contributed by atoms with Crippen LogP contribution in [-0.4, -0.2) is 24.7 Å². The minimum Gasteiger partial charge on any atom is -0.273 e. The van der Waals surface area contributed by atoms with Crippen LogP contribution in [0.25, 0.3) is 0 Å². The Morgan fingerprint density at radius 3 is 2.17 bits per heavy atom. The second kappa shape index (κ2) is 6.17. The van der Waals surface area contributed by atoms with E-state index < -0.39 is 10.0 Å². The van der Waals surface area contributed by atoms with Gasteiger partial charge in [0.25, 0.3) is 10.0 Å². The summed E-state index contributed by atoms with van der Waals surface area (Å²) in [5, 5.41) is -0.197. The van der Waals surface area contributed by atoms with E-state index in [0.29, 0.717) is 5.69 Å². The molecular weight excluding hydrogens is 332 g/mol. The van der Waals surface area contributed by atoms with Crippen molar-refractivity contribution < 1.29 is 13.2 Å². The van der Waals surface area contributed by atoms with Gasteiger partial charge in [0.15, 0.2) is 5.17 Å². The van der Waals surface area contributed by atoms with E-state index in [-0.39, 0.29) is 21.2 Å². The molecule has 0 unspecified atom stereocenters. The van der Waals surface area contributed by atoms with Crippen molar-refractivity contribution in [2.24, 2.45) is 4.40 Å². The van der Waals surface area contributed by atoms with Crippen LogP contribution < -0.4 is 4.90 Å². The lowest BCUT2D eigenvalue weighted by Gasteiger charge is -2.15. The Labute approximate surface area is 139 Å². The smallest absolute Gasteiger partial charge is 0.273 e. The van der Waals surface area contributed by atoms with Gasteiger partial charge in [0.1, 0.15) is 0 Å². The fourth-order valence-electron chi connectivity index (χ4n) is 2.16. The number of sulfonamides is 1. The highest BCUT2D eigenvalue weighted by Crippen LogP contribution is 2.32. The van der Waals surface area contributed by atoms with E-state index in [1.807, 2.05) is 6.07 Å². The van der Waals surface area contributed by atoms with Crippen LogP contribution in [0.2, 0.25) is 0 Å². The molecule has 1 aliphatic heterocycles. The molecule has 0 aromatic heterocycles. The zero-order valence-corrected chi connectivity index (χ0v) is 13.9. The van der Waals surface area contributed by atoms with Crippen LogP contribution in [0.15, 0.2) is 70.0 Å². The molecule has 0 aliphatic carbocycles. The predicted octanol–water partition coefficient (Wildman–Crippen LogP) is 2.90. The second-order valence-corrected chi connectivity index (χ2v) is 7.84. The average molecular weight is 346 g/mol. The summed E-state index contributed by atoms with van der Waals surface area (Å²) in [6, 6.07) is 16.9. The first-order valence-electron chi connectivity index (χ1n) is 6.95. The second-order valence-electron chi connectivity index (χ2n) is 4.93. The highest BCUT2D eigenvalue weighted by molar-refractivity contribution is 8.16. The van der Waals surface area contributed by atoms with Gasteiger partial charge in [-0.15, -0.1) is 4.40 Å². The van der Waals surface area contributed by atoms with Gasteiger partial charge in [0.2, 0.25) is 5.91 Å². The van der Waals surface area contributed by atoms with E-state index >= 15 is 0 Å². The van der Waals surface area contributed by atoms with Crippen LogP contribution in [0.4, 0.5) is 5.69 Å². The Balaban J connectivity index is 2.05. The number of carbonyl (C=O) groups is 1. The molecule has 0 radical (unpaired) electrons. The van der Waals surface area contributed by atoms with Crippen LogP contribution >= 0.6 is 11.8 Å². The van der Waals surface area contributed by atoms with Crippen molar-refractivity contribution in [3.63, 3.8) is 0 Å². The number of carbonyl (C=O) groups excluding carboxylic acids is 1. The van der Waals surface area contributed by atoms with E-state index in [4.69, 9.17) is 0 Å². The molecule has 2 aromatic rings. The molecule has 0 saturated carbocycles. The van der Waals surface area contributed by atoms with Crippen LogP contribution in [-0.2, 0) is 14.8 Å². The number of hydrogen-bond donors (Lipinski definition) is 0. The number of benzene rings is 2. The quantitative estimate of drug-likeness (QED) is 0.857. The first kappa shape index (κ1) is 15.8. The number of nitrogens with zero attached hydrogens (tertiary/aromatic N) is 2. The lowest BCUT2D eigenvalue weighted by molar-refractivity contribution is -0.116. The Morgan fingerprint density at radius 2 is 1.57 bits per heavy atom. The van der Waals surface area contributed by atoms with Gasteiger partial charge in [-0.05, 0) is 31.2 Å². The van der Waals surface area contributed by atoms with E-state index in [1.165, 1.54) is 17.0 Å². The molecule has 5 nitrogen and oxygen atoms in total. The van der Waals surface area contributed by atoms with Gasteiger partial charge in [-0.25, -0.2) is 0 Å². The van der Waals surface area contributed by atoms with Gasteiger partial charge in [-0.3, -0.25) is 9.69 Å². The summed E-state index contributed by atoms with van der Waals surface area (Å²) < 4.78 is 28.8. The Kier molecular flexibility index (Phi) is 4.23. The summed E-state index contributed by atoms with van der Waals surface area (Å²) in [6.45, 7) is 1.74. The largest absolute Gasteiger partial charge is 0.284 e. The fraction of sp³-hybridized carbons (Fsp3) is 0.125. The average Bonchev–Trinajstić information content (AvgIpc) is 2.82. The predicted molar refractivity (Wildman–Crippen MR) is 92.0 cm³/mol. The molecule has 1 amide bonds. The maximum absolute atomic E-state index is 12.4. The number of para-hydroxylation sites is 1. The minimum atomic E-state index is -3.86. The lowest BCUT2D eigenvalue weighted by Crippen LogP contribution is -2.31. The van der Waals surface area contributed by atoms with Gasteiger partial charge >= 0.3 is 0 Å². The Morgan fingerprint density at radius 1 is 1.00 bits per heavy atom. The SMILES string of the molecule is C[C@H]1SC(=NS(=O)(=O)c2ccccc2)N(c2ccccc2)C1=O. The number of rotatable bonds is 3. The summed E-state index contributed by atoms with van der Waals surface area (Å²) >= 11 is 1.15. The van der Waals surface area contributed by atoms with Crippen molar-refractivity contribution in [2.45, 2.75) is 17.1 Å². The number of amidine groups is 1. The van der Waals surface area contributed by atoms with E-state index in [2.05, 4.69) is 4.40 Å². The van der Waals surface area contributed by atoms with Crippen LogP contribution in [0, 0.1) is 0 Å². The van der Waals surface area contributed by atoms with Crippen molar-refractivity contribution >= 4 is 38.5 Å². The van der Waals surface area contributed by atoms with Gasteiger partial charge in [0, 0.05) is 0 Å². The first-order valence-corrected chi connectivity index (χ1v) is 9.27. The molecule has 1 saturated heterocycles. The molecule has 3 rings (SSSR count). The zero-order chi connectivity index (χ0) is 16.4. The molecule has 0 bridgehead atoms. The molecule has 23 heavy (non-hydrogen) atoms. The van der Waals surface area contributed by atoms with E-state index in [0.717, 1.165) is 11.8 Å². The summed E-state index contributed by atoms with van der Waals surface area (Å²) in [4.78, 5) is 13.8. The van der Waals surface area contributed by atoms with Crippen LogP contribution in [0.3, 0.4) is 0 Å². The number of hydrogen-bond acceptors (Lipinski definition) is 4. The Bertz CT molecular complexity index is 849. The summed E-state index contributed by atoms with van der Waals surface area (Å²) in [5.74, 6) is -0.178. The molecule has 1 aliphatic rings. The minimum absolute atomic E-state index is 0.105. The fourth-order valence-corrected chi connectivity index (χ4v) is 4.35. The zero-order valence-electron chi connectivity index (χ0n) is 12.3. The first-order chi connectivity index (χ1) is 11.0. The van der Waals surface area contributed by atoms with Gasteiger partial charge < -0.3 is 0 Å². The topological polar surface area (TPSA) is 66.8 Å². The molecule has 118 valence electrons.